The predicted octanol–water partition coefficient (Wildman–Crippen LogP) is 4.72. The summed E-state index contributed by atoms with van der Waals surface area (Å²) in [5.41, 5.74) is 1.39. The standard InChI is InChI=1S/C20H23ClN2O3/c1-25-19-10-9-14(21)11-18(19)23-20(24)13-22-15-5-4-8-17(12-15)26-16-6-2-3-7-16/h4-5,8-12,16,22H,2-3,6-7,13H2,1H3,(H,23,24). The molecule has 2 N–H and O–H groups in total. The van der Waals surface area contributed by atoms with Crippen LogP contribution >= 0.6 is 11.6 Å². The highest BCUT2D eigenvalue weighted by molar-refractivity contribution is 6.31. The quantitative estimate of drug-likeness (QED) is 0.736. The summed E-state index contributed by atoms with van der Waals surface area (Å²) in [6, 6.07) is 12.8. The Labute approximate surface area is 158 Å². The van der Waals surface area contributed by atoms with Crippen LogP contribution in [0.25, 0.3) is 0 Å². The van der Waals surface area contributed by atoms with E-state index in [0.29, 0.717) is 22.6 Å². The Morgan fingerprint density at radius 1 is 1.19 bits per heavy atom. The van der Waals surface area contributed by atoms with Gasteiger partial charge in [-0.3, -0.25) is 4.79 Å². The van der Waals surface area contributed by atoms with Crippen LogP contribution in [0.2, 0.25) is 5.02 Å². The van der Waals surface area contributed by atoms with Crippen molar-refractivity contribution >= 4 is 28.9 Å². The van der Waals surface area contributed by atoms with Gasteiger partial charge in [0.2, 0.25) is 5.91 Å². The van der Waals surface area contributed by atoms with Crippen LogP contribution in [0.3, 0.4) is 0 Å². The third-order valence-electron chi connectivity index (χ3n) is 4.33. The number of carbonyl (C=O) groups is 1. The number of halogens is 1. The molecule has 0 atom stereocenters. The molecule has 3 rings (SSSR count). The van der Waals surface area contributed by atoms with E-state index in [-0.39, 0.29) is 12.5 Å². The molecule has 1 fully saturated rings. The first-order valence-electron chi connectivity index (χ1n) is 8.78. The van der Waals surface area contributed by atoms with Crippen LogP contribution in [0.4, 0.5) is 11.4 Å². The average molecular weight is 375 g/mol. The first-order valence-corrected chi connectivity index (χ1v) is 9.16. The fourth-order valence-electron chi connectivity index (χ4n) is 3.03. The van der Waals surface area contributed by atoms with Gasteiger partial charge in [0, 0.05) is 16.8 Å². The SMILES string of the molecule is COc1ccc(Cl)cc1NC(=O)CNc1cccc(OC2CCCC2)c1. The van der Waals surface area contributed by atoms with E-state index < -0.39 is 0 Å². The normalized spacial score (nSPS) is 14.1. The molecule has 0 radical (unpaired) electrons. The summed E-state index contributed by atoms with van der Waals surface area (Å²) >= 11 is 5.98. The summed E-state index contributed by atoms with van der Waals surface area (Å²) in [7, 11) is 1.55. The summed E-state index contributed by atoms with van der Waals surface area (Å²) in [5.74, 6) is 1.21. The highest BCUT2D eigenvalue weighted by Gasteiger charge is 2.16. The fourth-order valence-corrected chi connectivity index (χ4v) is 3.20. The average Bonchev–Trinajstić information content (AvgIpc) is 3.13. The van der Waals surface area contributed by atoms with Crippen molar-refractivity contribution in [1.29, 1.82) is 0 Å². The van der Waals surface area contributed by atoms with Crippen molar-refractivity contribution < 1.29 is 14.3 Å². The lowest BCUT2D eigenvalue weighted by Crippen LogP contribution is -2.22. The molecule has 6 heteroatoms. The van der Waals surface area contributed by atoms with Gasteiger partial charge in [0.15, 0.2) is 0 Å². The van der Waals surface area contributed by atoms with Crippen molar-refractivity contribution in [2.45, 2.75) is 31.8 Å². The van der Waals surface area contributed by atoms with Gasteiger partial charge in [0.05, 0.1) is 25.4 Å². The molecule has 26 heavy (non-hydrogen) atoms. The van der Waals surface area contributed by atoms with Gasteiger partial charge in [-0.2, -0.15) is 0 Å². The molecule has 1 saturated carbocycles. The van der Waals surface area contributed by atoms with Crippen LogP contribution in [0, 0.1) is 0 Å². The van der Waals surface area contributed by atoms with Gasteiger partial charge in [-0.15, -0.1) is 0 Å². The van der Waals surface area contributed by atoms with Crippen molar-refractivity contribution in [3.05, 3.63) is 47.5 Å². The zero-order valence-corrected chi connectivity index (χ0v) is 15.5. The number of carbonyl (C=O) groups excluding carboxylic acids is 1. The number of benzene rings is 2. The first kappa shape index (κ1) is 18.4. The molecule has 0 unspecified atom stereocenters. The van der Waals surface area contributed by atoms with Crippen LogP contribution in [0.5, 0.6) is 11.5 Å². The van der Waals surface area contributed by atoms with E-state index in [4.69, 9.17) is 21.1 Å². The summed E-state index contributed by atoms with van der Waals surface area (Å²) in [6.45, 7) is 0.128. The Kier molecular flexibility index (Phi) is 6.23. The number of anilines is 2. The second-order valence-corrected chi connectivity index (χ2v) is 6.73. The third-order valence-corrected chi connectivity index (χ3v) is 4.56. The minimum Gasteiger partial charge on any atom is -0.495 e. The zero-order chi connectivity index (χ0) is 18.4. The Morgan fingerprint density at radius 3 is 2.77 bits per heavy atom. The highest BCUT2D eigenvalue weighted by atomic mass is 35.5. The number of hydrogen-bond donors (Lipinski definition) is 2. The number of ether oxygens (including phenoxy) is 2. The van der Waals surface area contributed by atoms with Crippen LogP contribution in [0.15, 0.2) is 42.5 Å². The number of nitrogens with one attached hydrogen (secondary N) is 2. The van der Waals surface area contributed by atoms with Crippen molar-refractivity contribution in [2.24, 2.45) is 0 Å². The van der Waals surface area contributed by atoms with Crippen LogP contribution in [-0.4, -0.2) is 25.7 Å². The number of amides is 1. The molecule has 0 bridgehead atoms. The van der Waals surface area contributed by atoms with E-state index in [1.807, 2.05) is 24.3 Å². The Balaban J connectivity index is 1.55. The molecule has 1 aliphatic carbocycles. The van der Waals surface area contributed by atoms with Crippen molar-refractivity contribution in [3.63, 3.8) is 0 Å². The molecule has 1 amide bonds. The molecule has 0 heterocycles. The number of rotatable bonds is 7. The molecular weight excluding hydrogens is 352 g/mol. The summed E-state index contributed by atoms with van der Waals surface area (Å²) in [4.78, 5) is 12.2. The van der Waals surface area contributed by atoms with Crippen molar-refractivity contribution in [1.82, 2.24) is 0 Å². The molecule has 0 aromatic heterocycles. The monoisotopic (exact) mass is 374 g/mol. The molecule has 2 aromatic rings. The van der Waals surface area contributed by atoms with Gasteiger partial charge in [0.25, 0.3) is 0 Å². The van der Waals surface area contributed by atoms with E-state index >= 15 is 0 Å². The predicted molar refractivity (Wildman–Crippen MR) is 104 cm³/mol. The van der Waals surface area contributed by atoms with Crippen LogP contribution in [-0.2, 0) is 4.79 Å². The van der Waals surface area contributed by atoms with Gasteiger partial charge < -0.3 is 20.1 Å². The molecule has 2 aromatic carbocycles. The van der Waals surface area contributed by atoms with Crippen LogP contribution in [0.1, 0.15) is 25.7 Å². The second-order valence-electron chi connectivity index (χ2n) is 6.30. The molecule has 0 aliphatic heterocycles. The topological polar surface area (TPSA) is 59.6 Å². The summed E-state index contributed by atoms with van der Waals surface area (Å²) < 4.78 is 11.2. The molecule has 138 valence electrons. The number of methoxy groups -OCH3 is 1. The Bertz CT molecular complexity index is 760. The zero-order valence-electron chi connectivity index (χ0n) is 14.8. The molecule has 1 aliphatic rings. The molecular formula is C20H23ClN2O3. The largest absolute Gasteiger partial charge is 0.495 e. The van der Waals surface area contributed by atoms with Gasteiger partial charge in [0.1, 0.15) is 11.5 Å². The highest BCUT2D eigenvalue weighted by Crippen LogP contribution is 2.28. The van der Waals surface area contributed by atoms with E-state index in [1.54, 1.807) is 25.3 Å². The first-order chi connectivity index (χ1) is 12.6. The Morgan fingerprint density at radius 2 is 2.00 bits per heavy atom. The van der Waals surface area contributed by atoms with Gasteiger partial charge in [-0.05, 0) is 56.0 Å². The fraction of sp³-hybridized carbons (Fsp3) is 0.350. The van der Waals surface area contributed by atoms with Gasteiger partial charge in [-0.1, -0.05) is 17.7 Å². The van der Waals surface area contributed by atoms with Gasteiger partial charge >= 0.3 is 0 Å². The molecule has 0 spiro atoms. The van der Waals surface area contributed by atoms with Crippen molar-refractivity contribution in [2.75, 3.05) is 24.3 Å². The van der Waals surface area contributed by atoms with Gasteiger partial charge in [-0.25, -0.2) is 0 Å². The van der Waals surface area contributed by atoms with E-state index in [2.05, 4.69) is 10.6 Å². The summed E-state index contributed by atoms with van der Waals surface area (Å²) in [5, 5.41) is 6.45. The number of hydrogen-bond acceptors (Lipinski definition) is 4. The van der Waals surface area contributed by atoms with E-state index in [0.717, 1.165) is 24.3 Å². The maximum Gasteiger partial charge on any atom is 0.243 e. The molecule has 5 nitrogen and oxygen atoms in total. The summed E-state index contributed by atoms with van der Waals surface area (Å²) in [6.07, 6.45) is 5.00. The molecule has 0 saturated heterocycles. The lowest BCUT2D eigenvalue weighted by Gasteiger charge is -2.15. The maximum absolute atomic E-state index is 12.2. The van der Waals surface area contributed by atoms with Crippen LogP contribution < -0.4 is 20.1 Å². The Hall–Kier alpha value is -2.40. The third kappa shape index (κ3) is 5.05. The minimum atomic E-state index is -0.187. The van der Waals surface area contributed by atoms with E-state index in [9.17, 15) is 4.79 Å². The van der Waals surface area contributed by atoms with E-state index in [1.165, 1.54) is 12.8 Å². The van der Waals surface area contributed by atoms with Crippen molar-refractivity contribution in [3.8, 4) is 11.5 Å². The lowest BCUT2D eigenvalue weighted by molar-refractivity contribution is -0.114. The maximum atomic E-state index is 12.2. The lowest BCUT2D eigenvalue weighted by atomic mass is 10.2. The minimum absolute atomic E-state index is 0.128. The smallest absolute Gasteiger partial charge is 0.243 e. The second kappa shape index (κ2) is 8.81.